The highest BCUT2D eigenvalue weighted by Crippen LogP contribution is 2.30. The van der Waals surface area contributed by atoms with Crippen LogP contribution in [0.1, 0.15) is 20.0 Å². The zero-order chi connectivity index (χ0) is 14.7. The molecule has 3 aromatic rings. The van der Waals surface area contributed by atoms with Crippen LogP contribution in [0.3, 0.4) is 0 Å². The van der Waals surface area contributed by atoms with Crippen LogP contribution < -0.4 is 5.32 Å². The number of furan rings is 1. The molecule has 3 aromatic heterocycles. The average Bonchev–Trinajstić information content (AvgIpc) is 3.16. The van der Waals surface area contributed by atoms with Gasteiger partial charge in [-0.2, -0.15) is 0 Å². The summed E-state index contributed by atoms with van der Waals surface area (Å²) in [7, 11) is 0. The lowest BCUT2D eigenvalue weighted by Crippen LogP contribution is -2.11. The fourth-order valence-corrected chi connectivity index (χ4v) is 2.51. The van der Waals surface area contributed by atoms with Gasteiger partial charge in [0, 0.05) is 18.0 Å². The summed E-state index contributed by atoms with van der Waals surface area (Å²) in [5.74, 6) is 0.173. The molecular weight excluding hydrogens is 290 g/mol. The van der Waals surface area contributed by atoms with E-state index in [1.54, 1.807) is 24.3 Å². The lowest BCUT2D eigenvalue weighted by Gasteiger charge is -2.00. The number of rotatable bonds is 4. The standard InChI is InChI=1S/C14H9N3O3S/c18-8-11-12(10-2-1-7-20-10)16-14(21-11)17-13(19)9-3-5-15-6-4-9/h1-8H,(H,16,17,19). The number of nitrogens with zero attached hydrogens (tertiary/aromatic N) is 2. The van der Waals surface area contributed by atoms with Crippen LogP contribution in [0.4, 0.5) is 5.13 Å². The third kappa shape index (κ3) is 2.72. The quantitative estimate of drug-likeness (QED) is 0.749. The lowest BCUT2D eigenvalue weighted by molar-refractivity contribution is 0.102. The van der Waals surface area contributed by atoms with Gasteiger partial charge in [0.25, 0.3) is 5.91 Å². The number of carbonyl (C=O) groups is 2. The van der Waals surface area contributed by atoms with Crippen molar-refractivity contribution in [2.75, 3.05) is 5.32 Å². The third-order valence-electron chi connectivity index (χ3n) is 2.68. The maximum absolute atomic E-state index is 12.0. The second kappa shape index (κ2) is 5.68. The van der Waals surface area contributed by atoms with Gasteiger partial charge in [0.2, 0.25) is 0 Å². The van der Waals surface area contributed by atoms with Gasteiger partial charge in [-0.3, -0.25) is 19.9 Å². The molecule has 3 rings (SSSR count). The molecule has 0 spiro atoms. The fourth-order valence-electron chi connectivity index (χ4n) is 1.73. The molecule has 0 radical (unpaired) electrons. The van der Waals surface area contributed by atoms with E-state index in [1.807, 2.05) is 0 Å². The first-order chi connectivity index (χ1) is 10.3. The number of aromatic nitrogens is 2. The van der Waals surface area contributed by atoms with Crippen LogP contribution in [0.2, 0.25) is 0 Å². The van der Waals surface area contributed by atoms with Gasteiger partial charge < -0.3 is 4.42 Å². The van der Waals surface area contributed by atoms with Crippen molar-refractivity contribution < 1.29 is 14.0 Å². The van der Waals surface area contributed by atoms with Crippen molar-refractivity contribution in [2.45, 2.75) is 0 Å². The van der Waals surface area contributed by atoms with Gasteiger partial charge in [-0.1, -0.05) is 11.3 Å². The summed E-state index contributed by atoms with van der Waals surface area (Å²) in [4.78, 5) is 31.6. The van der Waals surface area contributed by atoms with Gasteiger partial charge in [-0.05, 0) is 24.3 Å². The smallest absolute Gasteiger partial charge is 0.257 e. The average molecular weight is 299 g/mol. The Balaban J connectivity index is 1.87. The molecule has 0 aliphatic rings. The van der Waals surface area contributed by atoms with Crippen LogP contribution in [-0.2, 0) is 0 Å². The summed E-state index contributed by atoms with van der Waals surface area (Å²) >= 11 is 1.09. The summed E-state index contributed by atoms with van der Waals surface area (Å²) in [5.41, 5.74) is 0.887. The molecule has 7 heteroatoms. The third-order valence-corrected chi connectivity index (χ3v) is 3.57. The van der Waals surface area contributed by atoms with E-state index in [0.29, 0.717) is 33.3 Å². The van der Waals surface area contributed by atoms with Crippen LogP contribution in [0.25, 0.3) is 11.5 Å². The highest BCUT2D eigenvalue weighted by Gasteiger charge is 2.16. The number of hydrogen-bond donors (Lipinski definition) is 1. The minimum absolute atomic E-state index is 0.311. The fraction of sp³-hybridized carbons (Fsp3) is 0. The number of nitrogens with one attached hydrogen (secondary N) is 1. The van der Waals surface area contributed by atoms with Crippen molar-refractivity contribution in [1.29, 1.82) is 0 Å². The maximum Gasteiger partial charge on any atom is 0.257 e. The van der Waals surface area contributed by atoms with Gasteiger partial charge in [-0.15, -0.1) is 0 Å². The molecule has 0 fully saturated rings. The van der Waals surface area contributed by atoms with Crippen LogP contribution in [0, 0.1) is 0 Å². The Kier molecular flexibility index (Phi) is 3.57. The summed E-state index contributed by atoms with van der Waals surface area (Å²) in [6.45, 7) is 0. The molecule has 0 aliphatic carbocycles. The minimum Gasteiger partial charge on any atom is -0.463 e. The Bertz CT molecular complexity index is 766. The molecule has 0 unspecified atom stereocenters. The molecule has 0 atom stereocenters. The first-order valence-electron chi connectivity index (χ1n) is 5.99. The zero-order valence-electron chi connectivity index (χ0n) is 10.6. The number of thiazole rings is 1. The van der Waals surface area contributed by atoms with E-state index < -0.39 is 0 Å². The van der Waals surface area contributed by atoms with Crippen LogP contribution >= 0.6 is 11.3 Å². The molecule has 3 heterocycles. The van der Waals surface area contributed by atoms with Gasteiger partial charge in [0.05, 0.1) is 6.26 Å². The second-order valence-corrected chi connectivity index (χ2v) is 5.05. The Hall–Kier alpha value is -2.80. The minimum atomic E-state index is -0.311. The number of anilines is 1. The Morgan fingerprint density at radius 3 is 2.76 bits per heavy atom. The predicted octanol–water partition coefficient (Wildman–Crippen LogP) is 2.86. The van der Waals surface area contributed by atoms with E-state index in [0.717, 1.165) is 11.3 Å². The molecule has 21 heavy (non-hydrogen) atoms. The zero-order valence-corrected chi connectivity index (χ0v) is 11.5. The van der Waals surface area contributed by atoms with Crippen LogP contribution in [-0.4, -0.2) is 22.2 Å². The molecule has 6 nitrogen and oxygen atoms in total. The molecule has 0 saturated carbocycles. The Morgan fingerprint density at radius 1 is 1.29 bits per heavy atom. The monoisotopic (exact) mass is 299 g/mol. The van der Waals surface area contributed by atoms with E-state index in [-0.39, 0.29) is 5.91 Å². The van der Waals surface area contributed by atoms with E-state index in [9.17, 15) is 9.59 Å². The van der Waals surface area contributed by atoms with Crippen molar-refractivity contribution in [1.82, 2.24) is 9.97 Å². The first-order valence-corrected chi connectivity index (χ1v) is 6.81. The second-order valence-electron chi connectivity index (χ2n) is 4.02. The molecule has 0 aromatic carbocycles. The number of aldehydes is 1. The summed E-state index contributed by atoms with van der Waals surface area (Å²) in [6, 6.07) is 6.60. The van der Waals surface area contributed by atoms with Gasteiger partial charge >= 0.3 is 0 Å². The van der Waals surface area contributed by atoms with E-state index in [4.69, 9.17) is 4.42 Å². The normalized spacial score (nSPS) is 10.3. The lowest BCUT2D eigenvalue weighted by atomic mass is 10.2. The molecule has 1 N–H and O–H groups in total. The first kappa shape index (κ1) is 13.2. The topological polar surface area (TPSA) is 85.1 Å². The van der Waals surface area contributed by atoms with E-state index >= 15 is 0 Å². The molecule has 0 aliphatic heterocycles. The van der Waals surface area contributed by atoms with Crippen molar-refractivity contribution in [2.24, 2.45) is 0 Å². The highest BCUT2D eigenvalue weighted by atomic mass is 32.1. The molecule has 104 valence electrons. The molecule has 0 bridgehead atoms. The SMILES string of the molecule is O=Cc1sc(NC(=O)c2ccncc2)nc1-c1ccco1. The van der Waals surface area contributed by atoms with E-state index in [1.165, 1.54) is 18.7 Å². The van der Waals surface area contributed by atoms with E-state index in [2.05, 4.69) is 15.3 Å². The van der Waals surface area contributed by atoms with Crippen LogP contribution in [0.15, 0.2) is 47.3 Å². The van der Waals surface area contributed by atoms with Crippen molar-refractivity contribution in [3.05, 3.63) is 53.4 Å². The number of amides is 1. The van der Waals surface area contributed by atoms with Gasteiger partial charge in [-0.25, -0.2) is 4.98 Å². The maximum atomic E-state index is 12.0. The largest absolute Gasteiger partial charge is 0.463 e. The van der Waals surface area contributed by atoms with Gasteiger partial charge in [0.15, 0.2) is 17.2 Å². The molecule has 1 amide bonds. The summed E-state index contributed by atoms with van der Waals surface area (Å²) in [5, 5.41) is 2.99. The van der Waals surface area contributed by atoms with Crippen molar-refractivity contribution >= 4 is 28.7 Å². The number of pyridine rings is 1. The van der Waals surface area contributed by atoms with Crippen LogP contribution in [0.5, 0.6) is 0 Å². The summed E-state index contributed by atoms with van der Waals surface area (Å²) < 4.78 is 5.23. The van der Waals surface area contributed by atoms with Crippen molar-refractivity contribution in [3.63, 3.8) is 0 Å². The number of carbonyl (C=O) groups excluding carboxylic acids is 2. The van der Waals surface area contributed by atoms with Gasteiger partial charge in [0.1, 0.15) is 10.6 Å². The van der Waals surface area contributed by atoms with Crippen molar-refractivity contribution in [3.8, 4) is 11.5 Å². The predicted molar refractivity (Wildman–Crippen MR) is 77.4 cm³/mol. The molecule has 0 saturated heterocycles. The summed E-state index contributed by atoms with van der Waals surface area (Å²) in [6.07, 6.45) is 5.25. The number of hydrogen-bond acceptors (Lipinski definition) is 6. The highest BCUT2D eigenvalue weighted by molar-refractivity contribution is 7.17. The Labute approximate surface area is 123 Å². The Morgan fingerprint density at radius 2 is 2.10 bits per heavy atom. The molecular formula is C14H9N3O3S.